The van der Waals surface area contributed by atoms with E-state index in [1.165, 1.54) is 5.56 Å². The topological polar surface area (TPSA) is 0 Å². The molecule has 0 N–H and O–H groups in total. The molecule has 2 aromatic carbocycles. The lowest BCUT2D eigenvalue weighted by Gasteiger charge is -2.14. The van der Waals surface area contributed by atoms with Gasteiger partial charge in [0.1, 0.15) is 0 Å². The first-order chi connectivity index (χ1) is 8.99. The largest absolute Gasteiger partial charge is 0.113 e. The first kappa shape index (κ1) is 14.4. The van der Waals surface area contributed by atoms with Crippen molar-refractivity contribution in [1.82, 2.24) is 0 Å². The van der Waals surface area contributed by atoms with Crippen LogP contribution in [0.1, 0.15) is 47.4 Å². The van der Waals surface area contributed by atoms with Crippen LogP contribution in [-0.2, 0) is 0 Å². The highest BCUT2D eigenvalue weighted by molar-refractivity contribution is 6.33. The minimum Gasteiger partial charge on any atom is -0.113 e. The smallest absolute Gasteiger partial charge is 0.0849 e. The van der Waals surface area contributed by atoms with Crippen LogP contribution in [0.25, 0.3) is 0 Å². The summed E-state index contributed by atoms with van der Waals surface area (Å²) >= 11 is 12.8. The number of rotatable bonds is 3. The Morgan fingerprint density at radius 1 is 0.895 bits per heavy atom. The van der Waals surface area contributed by atoms with Gasteiger partial charge in [-0.3, -0.25) is 0 Å². The molecular formula is C17H18Cl2. The van der Waals surface area contributed by atoms with Crippen LogP contribution in [0.4, 0.5) is 0 Å². The molecule has 0 amide bonds. The molecule has 0 radical (unpaired) electrons. The summed E-state index contributed by atoms with van der Waals surface area (Å²) in [6.45, 7) is 6.39. The number of hydrogen-bond donors (Lipinski definition) is 0. The van der Waals surface area contributed by atoms with Gasteiger partial charge in [-0.1, -0.05) is 61.8 Å². The molecule has 2 rings (SSSR count). The van der Waals surface area contributed by atoms with Gasteiger partial charge < -0.3 is 0 Å². The van der Waals surface area contributed by atoms with Gasteiger partial charge >= 0.3 is 0 Å². The molecule has 0 saturated heterocycles. The fraction of sp³-hybridized carbons (Fsp3) is 0.294. The van der Waals surface area contributed by atoms with Gasteiger partial charge in [0, 0.05) is 5.02 Å². The van der Waals surface area contributed by atoms with Gasteiger partial charge in [0.05, 0.1) is 5.38 Å². The van der Waals surface area contributed by atoms with Gasteiger partial charge in [0.2, 0.25) is 0 Å². The van der Waals surface area contributed by atoms with Crippen LogP contribution < -0.4 is 0 Å². The van der Waals surface area contributed by atoms with Gasteiger partial charge in [0.15, 0.2) is 0 Å². The van der Waals surface area contributed by atoms with Crippen LogP contribution in [0.15, 0.2) is 42.5 Å². The van der Waals surface area contributed by atoms with Crippen LogP contribution in [0.3, 0.4) is 0 Å². The predicted octanol–water partition coefficient (Wildman–Crippen LogP) is 6.10. The number of halogens is 2. The Labute approximate surface area is 125 Å². The van der Waals surface area contributed by atoms with E-state index in [-0.39, 0.29) is 5.38 Å². The van der Waals surface area contributed by atoms with Crippen molar-refractivity contribution in [3.05, 3.63) is 69.7 Å². The zero-order valence-corrected chi connectivity index (χ0v) is 13.0. The molecule has 0 aliphatic carbocycles. The quantitative estimate of drug-likeness (QED) is 0.600. The Morgan fingerprint density at radius 3 is 2.00 bits per heavy atom. The molecule has 2 heteroatoms. The molecule has 0 aliphatic rings. The number of benzene rings is 2. The predicted molar refractivity (Wildman–Crippen MR) is 84.4 cm³/mol. The summed E-state index contributed by atoms with van der Waals surface area (Å²) in [6.07, 6.45) is 0. The zero-order valence-electron chi connectivity index (χ0n) is 11.5. The minimum atomic E-state index is -0.200. The molecule has 0 fully saturated rings. The Hall–Kier alpha value is -0.980. The second-order valence-electron chi connectivity index (χ2n) is 5.21. The third kappa shape index (κ3) is 3.32. The Bertz CT molecular complexity index is 556. The number of hydrogen-bond acceptors (Lipinski definition) is 0. The van der Waals surface area contributed by atoms with E-state index < -0.39 is 0 Å². The SMILES string of the molecule is Cc1ccc(C(Cl)c2ccc(C(C)C)cc2)c(Cl)c1. The fourth-order valence-electron chi connectivity index (χ4n) is 2.07. The molecule has 0 aromatic heterocycles. The standard InChI is InChI=1S/C17H18Cl2/c1-11(2)13-5-7-14(8-6-13)17(19)15-9-4-12(3)10-16(15)18/h4-11,17H,1-3H3. The number of alkyl halides is 1. The van der Waals surface area contributed by atoms with Gasteiger partial charge in [-0.25, -0.2) is 0 Å². The Morgan fingerprint density at radius 2 is 1.47 bits per heavy atom. The summed E-state index contributed by atoms with van der Waals surface area (Å²) in [4.78, 5) is 0. The van der Waals surface area contributed by atoms with E-state index in [4.69, 9.17) is 23.2 Å². The fourth-order valence-corrected chi connectivity index (χ4v) is 2.80. The maximum Gasteiger partial charge on any atom is 0.0849 e. The van der Waals surface area contributed by atoms with E-state index in [1.54, 1.807) is 0 Å². The van der Waals surface area contributed by atoms with Crippen molar-refractivity contribution in [2.24, 2.45) is 0 Å². The number of aryl methyl sites for hydroxylation is 1. The van der Waals surface area contributed by atoms with Crippen molar-refractivity contribution in [2.75, 3.05) is 0 Å². The summed E-state index contributed by atoms with van der Waals surface area (Å²) in [6, 6.07) is 14.4. The van der Waals surface area contributed by atoms with Gasteiger partial charge in [-0.05, 0) is 41.2 Å². The van der Waals surface area contributed by atoms with Crippen LogP contribution in [0, 0.1) is 6.92 Å². The molecule has 1 unspecified atom stereocenters. The molecule has 0 bridgehead atoms. The first-order valence-corrected chi connectivity index (χ1v) is 7.30. The van der Waals surface area contributed by atoms with Crippen molar-refractivity contribution < 1.29 is 0 Å². The van der Waals surface area contributed by atoms with Crippen molar-refractivity contribution in [2.45, 2.75) is 32.1 Å². The highest BCUT2D eigenvalue weighted by Gasteiger charge is 2.14. The van der Waals surface area contributed by atoms with Gasteiger partial charge in [-0.2, -0.15) is 0 Å². The molecule has 1 atom stereocenters. The van der Waals surface area contributed by atoms with Crippen molar-refractivity contribution in [1.29, 1.82) is 0 Å². The lowest BCUT2D eigenvalue weighted by Crippen LogP contribution is -1.96. The molecule has 0 heterocycles. The Kier molecular flexibility index (Phi) is 4.54. The molecule has 0 aliphatic heterocycles. The summed E-state index contributed by atoms with van der Waals surface area (Å²) in [5, 5.41) is 0.530. The van der Waals surface area contributed by atoms with Gasteiger partial charge in [-0.15, -0.1) is 11.6 Å². The van der Waals surface area contributed by atoms with E-state index in [0.717, 1.165) is 21.7 Å². The van der Waals surface area contributed by atoms with Crippen LogP contribution in [0.2, 0.25) is 5.02 Å². The minimum absolute atomic E-state index is 0.200. The van der Waals surface area contributed by atoms with Crippen molar-refractivity contribution >= 4 is 23.2 Å². The maximum absolute atomic E-state index is 6.54. The van der Waals surface area contributed by atoms with E-state index in [1.807, 2.05) is 25.1 Å². The van der Waals surface area contributed by atoms with Gasteiger partial charge in [0.25, 0.3) is 0 Å². The molecule has 0 saturated carbocycles. The second-order valence-corrected chi connectivity index (χ2v) is 6.05. The molecule has 2 aromatic rings. The lowest BCUT2D eigenvalue weighted by atomic mass is 9.98. The zero-order chi connectivity index (χ0) is 14.0. The summed E-state index contributed by atoms with van der Waals surface area (Å²) < 4.78 is 0. The normalized spacial score (nSPS) is 12.7. The van der Waals surface area contributed by atoms with Crippen LogP contribution in [-0.4, -0.2) is 0 Å². The van der Waals surface area contributed by atoms with Crippen molar-refractivity contribution in [3.63, 3.8) is 0 Å². The molecular weight excluding hydrogens is 275 g/mol. The summed E-state index contributed by atoms with van der Waals surface area (Å²) in [5.41, 5.74) is 4.51. The highest BCUT2D eigenvalue weighted by atomic mass is 35.5. The van der Waals surface area contributed by atoms with Crippen LogP contribution in [0.5, 0.6) is 0 Å². The lowest BCUT2D eigenvalue weighted by molar-refractivity contribution is 0.865. The van der Waals surface area contributed by atoms with E-state index >= 15 is 0 Å². The second kappa shape index (κ2) is 5.98. The third-order valence-electron chi connectivity index (χ3n) is 3.32. The highest BCUT2D eigenvalue weighted by Crippen LogP contribution is 2.34. The average molecular weight is 293 g/mol. The molecule has 19 heavy (non-hydrogen) atoms. The van der Waals surface area contributed by atoms with Crippen LogP contribution >= 0.6 is 23.2 Å². The Balaban J connectivity index is 2.30. The monoisotopic (exact) mass is 292 g/mol. The maximum atomic E-state index is 6.54. The molecule has 0 spiro atoms. The van der Waals surface area contributed by atoms with Crippen molar-refractivity contribution in [3.8, 4) is 0 Å². The average Bonchev–Trinajstić information content (AvgIpc) is 2.38. The molecule has 0 nitrogen and oxygen atoms in total. The van der Waals surface area contributed by atoms with E-state index in [9.17, 15) is 0 Å². The third-order valence-corrected chi connectivity index (χ3v) is 4.14. The summed E-state index contributed by atoms with van der Waals surface area (Å²) in [5.74, 6) is 0.533. The first-order valence-electron chi connectivity index (χ1n) is 6.49. The summed E-state index contributed by atoms with van der Waals surface area (Å²) in [7, 11) is 0. The van der Waals surface area contributed by atoms with E-state index in [2.05, 4.69) is 38.1 Å². The molecule has 100 valence electrons. The van der Waals surface area contributed by atoms with E-state index in [0.29, 0.717) is 5.92 Å².